The number of nitrogens with zero attached hydrogens (tertiary/aromatic N) is 1. The highest BCUT2D eigenvalue weighted by Crippen LogP contribution is 2.55. The summed E-state index contributed by atoms with van der Waals surface area (Å²) in [5, 5.41) is 0. The lowest BCUT2D eigenvalue weighted by molar-refractivity contribution is -0.125. The van der Waals surface area contributed by atoms with Crippen LogP contribution < -0.4 is 0 Å². The second kappa shape index (κ2) is 13.9. The molecule has 0 N–H and O–H groups in total. The Morgan fingerprint density at radius 2 is 1.73 bits per heavy atom. The lowest BCUT2D eigenvalue weighted by atomic mass is 9.64. The van der Waals surface area contributed by atoms with Crippen molar-refractivity contribution in [2.24, 2.45) is 38.5 Å². The normalized spacial score (nSPS) is 23.5. The van der Waals surface area contributed by atoms with Crippen LogP contribution in [-0.2, 0) is 14.3 Å². The molecule has 0 aromatic heterocycles. The highest BCUT2D eigenvalue weighted by Gasteiger charge is 2.47. The summed E-state index contributed by atoms with van der Waals surface area (Å²) in [7, 11) is 0. The predicted molar refractivity (Wildman–Crippen MR) is 190 cm³/mol. The second-order valence-corrected chi connectivity index (χ2v) is 16.8. The molecule has 3 aliphatic rings. The molecule has 0 amide bonds. The van der Waals surface area contributed by atoms with Gasteiger partial charge in [-0.05, 0) is 118 Å². The first kappa shape index (κ1) is 36.7. The molecule has 0 saturated heterocycles. The molecule has 248 valence electrons. The molecule has 0 spiro atoms. The van der Waals surface area contributed by atoms with E-state index in [1.165, 1.54) is 42.9 Å². The van der Waals surface area contributed by atoms with Crippen molar-refractivity contribution in [1.29, 1.82) is 0 Å². The molecule has 0 aromatic rings. The van der Waals surface area contributed by atoms with E-state index in [1.807, 2.05) is 13.8 Å². The van der Waals surface area contributed by atoms with E-state index in [2.05, 4.69) is 87.6 Å². The lowest BCUT2D eigenvalue weighted by Crippen LogP contribution is -2.32. The molecule has 4 heteroatoms. The number of rotatable bonds is 13. The van der Waals surface area contributed by atoms with Gasteiger partial charge in [0.1, 0.15) is 5.76 Å². The van der Waals surface area contributed by atoms with Gasteiger partial charge in [-0.3, -0.25) is 14.6 Å². The number of carbonyl (C=O) groups excluding carboxylic acids is 2. The second-order valence-electron chi connectivity index (χ2n) is 16.8. The third-order valence-corrected chi connectivity index (χ3v) is 10.5. The van der Waals surface area contributed by atoms with Crippen molar-refractivity contribution in [3.05, 3.63) is 71.4 Å². The van der Waals surface area contributed by atoms with Gasteiger partial charge in [-0.25, -0.2) is 0 Å². The van der Waals surface area contributed by atoms with Crippen LogP contribution in [0.2, 0.25) is 0 Å². The molecular weight excluding hydrogens is 554 g/mol. The van der Waals surface area contributed by atoms with Gasteiger partial charge in [0.2, 0.25) is 5.78 Å². The average molecular weight is 616 g/mol. The summed E-state index contributed by atoms with van der Waals surface area (Å²) in [4.78, 5) is 30.9. The number of ether oxygens (including phenoxy) is 1. The molecule has 3 rings (SSSR count). The zero-order chi connectivity index (χ0) is 34.0. The maximum absolute atomic E-state index is 14.4. The number of ketones is 2. The summed E-state index contributed by atoms with van der Waals surface area (Å²) in [6.45, 7) is 31.7. The monoisotopic (exact) mass is 615 g/mol. The predicted octanol–water partition coefficient (Wildman–Crippen LogP) is 11.2. The van der Waals surface area contributed by atoms with Crippen molar-refractivity contribution in [2.45, 2.75) is 134 Å². The molecule has 0 aromatic carbocycles. The standard InChI is InChI=1S/C41H61NO3/c1-14-16-32(40(11,12)22-17-28(4)42-29(5)23-27(3)34(43)15-2)36(44)35-26-41(13)25-31(30-18-20-39(9,10)21-19-30)24-33(37(41)45-35)38(6,7)8/h15,23-24,26,30,32H,2-3,14,16-22,25H2,1,4-13H3/b29-23-,42-28?. The van der Waals surface area contributed by atoms with E-state index in [0.717, 1.165) is 49.3 Å². The number of fused-ring (bicyclic) bond motifs is 1. The van der Waals surface area contributed by atoms with E-state index in [4.69, 9.17) is 9.73 Å². The topological polar surface area (TPSA) is 55.7 Å². The minimum absolute atomic E-state index is 0.0839. The molecule has 1 heterocycles. The van der Waals surface area contributed by atoms with Gasteiger partial charge in [0.15, 0.2) is 11.5 Å². The average Bonchev–Trinajstić information content (AvgIpc) is 3.30. The molecule has 2 atom stereocenters. The van der Waals surface area contributed by atoms with Crippen LogP contribution in [0.5, 0.6) is 0 Å². The summed E-state index contributed by atoms with van der Waals surface area (Å²) in [6.07, 6.45) is 16.8. The molecule has 45 heavy (non-hydrogen) atoms. The van der Waals surface area contributed by atoms with Crippen LogP contribution in [0.15, 0.2) is 76.4 Å². The van der Waals surface area contributed by atoms with E-state index >= 15 is 0 Å². The van der Waals surface area contributed by atoms with Gasteiger partial charge < -0.3 is 4.74 Å². The Bertz CT molecular complexity index is 1340. The first-order valence-corrected chi connectivity index (χ1v) is 17.2. The fourth-order valence-corrected chi connectivity index (χ4v) is 7.40. The van der Waals surface area contributed by atoms with Crippen molar-refractivity contribution < 1.29 is 14.3 Å². The first-order chi connectivity index (χ1) is 20.7. The first-order valence-electron chi connectivity index (χ1n) is 17.2. The quantitative estimate of drug-likeness (QED) is 0.118. The van der Waals surface area contributed by atoms with Gasteiger partial charge in [0, 0.05) is 22.9 Å². The van der Waals surface area contributed by atoms with E-state index in [0.29, 0.717) is 22.7 Å². The third-order valence-electron chi connectivity index (χ3n) is 10.5. The zero-order valence-electron chi connectivity index (χ0n) is 30.4. The van der Waals surface area contributed by atoms with Crippen molar-refractivity contribution in [3.63, 3.8) is 0 Å². The molecule has 4 nitrogen and oxygen atoms in total. The van der Waals surface area contributed by atoms with Crippen LogP contribution in [0.4, 0.5) is 0 Å². The molecular formula is C41H61NO3. The number of carbonyl (C=O) groups is 2. The molecule has 2 aliphatic carbocycles. The number of hydrogen-bond acceptors (Lipinski definition) is 4. The molecule has 1 saturated carbocycles. The maximum Gasteiger partial charge on any atom is 0.201 e. The Morgan fingerprint density at radius 3 is 2.29 bits per heavy atom. The van der Waals surface area contributed by atoms with E-state index < -0.39 is 0 Å². The van der Waals surface area contributed by atoms with Crippen LogP contribution in [0.25, 0.3) is 0 Å². The zero-order valence-corrected chi connectivity index (χ0v) is 30.4. The Labute approximate surface area is 275 Å². The lowest BCUT2D eigenvalue weighted by Gasteiger charge is -2.40. The summed E-state index contributed by atoms with van der Waals surface area (Å²) in [5.41, 5.74) is 4.67. The highest BCUT2D eigenvalue weighted by atomic mass is 16.5. The van der Waals surface area contributed by atoms with Gasteiger partial charge in [0.25, 0.3) is 0 Å². The van der Waals surface area contributed by atoms with Crippen LogP contribution >= 0.6 is 0 Å². The van der Waals surface area contributed by atoms with Gasteiger partial charge in [-0.2, -0.15) is 0 Å². The number of Topliss-reactive ketones (excluding diaryl/α,β-unsaturated/α-hetero) is 1. The minimum atomic E-state index is -0.296. The van der Waals surface area contributed by atoms with Crippen LogP contribution in [0, 0.1) is 33.5 Å². The van der Waals surface area contributed by atoms with E-state index in [-0.39, 0.29) is 33.7 Å². The van der Waals surface area contributed by atoms with Crippen LogP contribution in [0.1, 0.15) is 134 Å². The molecule has 1 fully saturated rings. The summed E-state index contributed by atoms with van der Waals surface area (Å²) in [5.74, 6) is 1.90. The molecule has 0 radical (unpaired) electrons. The van der Waals surface area contributed by atoms with Crippen molar-refractivity contribution >= 4 is 17.3 Å². The van der Waals surface area contributed by atoms with E-state index in [9.17, 15) is 9.59 Å². The summed E-state index contributed by atoms with van der Waals surface area (Å²) < 4.78 is 6.68. The molecule has 1 aliphatic heterocycles. The molecule has 0 bridgehead atoms. The highest BCUT2D eigenvalue weighted by molar-refractivity contribution is 6.05. The Morgan fingerprint density at radius 1 is 1.11 bits per heavy atom. The Kier molecular flexibility index (Phi) is 11.4. The van der Waals surface area contributed by atoms with E-state index in [1.54, 1.807) is 6.08 Å². The van der Waals surface area contributed by atoms with Crippen LogP contribution in [-0.4, -0.2) is 17.3 Å². The fraction of sp³-hybridized carbons (Fsp3) is 0.634. The Hall–Kier alpha value is -2.75. The van der Waals surface area contributed by atoms with Crippen molar-refractivity contribution in [2.75, 3.05) is 0 Å². The van der Waals surface area contributed by atoms with Gasteiger partial charge in [-0.15, -0.1) is 0 Å². The minimum Gasteiger partial charge on any atom is -0.457 e. The number of allylic oxidation sites excluding steroid dienone is 9. The summed E-state index contributed by atoms with van der Waals surface area (Å²) >= 11 is 0. The third kappa shape index (κ3) is 8.95. The SMILES string of the molecule is C=CC(=O)C(=C)/C=C(/C)N=C(C)CCC(C)(C)C(CCC)C(=O)C1=CC2(C)CC(C3CCC(C)(C)CC3)=CC(C(C)(C)C)=C2O1. The molecule has 2 unspecified atom stereocenters. The largest absolute Gasteiger partial charge is 0.457 e. The van der Waals surface area contributed by atoms with Crippen molar-refractivity contribution in [1.82, 2.24) is 0 Å². The van der Waals surface area contributed by atoms with Crippen LogP contribution in [0.3, 0.4) is 0 Å². The van der Waals surface area contributed by atoms with Gasteiger partial charge in [0.05, 0.1) is 5.41 Å². The van der Waals surface area contributed by atoms with Gasteiger partial charge >= 0.3 is 0 Å². The van der Waals surface area contributed by atoms with Crippen molar-refractivity contribution in [3.8, 4) is 0 Å². The maximum atomic E-state index is 14.4. The smallest absolute Gasteiger partial charge is 0.201 e. The fourth-order valence-electron chi connectivity index (χ4n) is 7.40. The number of hydrogen-bond donors (Lipinski definition) is 0. The van der Waals surface area contributed by atoms with Gasteiger partial charge in [-0.1, -0.05) is 86.6 Å². The summed E-state index contributed by atoms with van der Waals surface area (Å²) in [6, 6.07) is 0. The number of aliphatic imine (C=N–C) groups is 1. The Balaban J connectivity index is 1.84.